The lowest BCUT2D eigenvalue weighted by Crippen LogP contribution is -2.32. The Morgan fingerprint density at radius 2 is 2.00 bits per heavy atom. The summed E-state index contributed by atoms with van der Waals surface area (Å²) in [7, 11) is 0. The first-order valence-corrected chi connectivity index (χ1v) is 6.67. The molecular formula is C17H19NO2. The zero-order chi connectivity index (χ0) is 14.5. The van der Waals surface area contributed by atoms with Crippen LogP contribution in [0.1, 0.15) is 18.5 Å². The lowest BCUT2D eigenvalue weighted by Gasteiger charge is -2.26. The number of carbonyl (C=O) groups is 1. The predicted octanol–water partition coefficient (Wildman–Crippen LogP) is 3.47. The van der Waals surface area contributed by atoms with Crippen molar-refractivity contribution in [2.45, 2.75) is 13.0 Å². The molecule has 0 radical (unpaired) electrons. The van der Waals surface area contributed by atoms with E-state index in [1.165, 1.54) is 10.8 Å². The summed E-state index contributed by atoms with van der Waals surface area (Å²) in [5.74, 6) is -0.820. The third-order valence-electron chi connectivity index (χ3n) is 3.51. The normalized spacial score (nSPS) is 12.5. The van der Waals surface area contributed by atoms with Crippen LogP contribution in [0, 0.1) is 0 Å². The molecule has 0 spiro atoms. The van der Waals surface area contributed by atoms with Gasteiger partial charge in [0.25, 0.3) is 0 Å². The van der Waals surface area contributed by atoms with E-state index >= 15 is 0 Å². The van der Waals surface area contributed by atoms with Gasteiger partial charge in [0.2, 0.25) is 0 Å². The molecule has 0 fully saturated rings. The minimum Gasteiger partial charge on any atom is -0.480 e. The number of rotatable bonds is 6. The number of benzene rings is 2. The molecule has 2 aromatic carbocycles. The third kappa shape index (κ3) is 3.25. The minimum absolute atomic E-state index is 0.0139. The van der Waals surface area contributed by atoms with Gasteiger partial charge >= 0.3 is 5.97 Å². The molecular weight excluding hydrogens is 250 g/mol. The summed E-state index contributed by atoms with van der Waals surface area (Å²) in [4.78, 5) is 12.8. The van der Waals surface area contributed by atoms with Crippen LogP contribution in [-0.2, 0) is 4.79 Å². The molecule has 104 valence electrons. The molecule has 0 bridgehead atoms. The molecule has 0 amide bonds. The number of carboxylic acids is 1. The van der Waals surface area contributed by atoms with E-state index in [-0.39, 0.29) is 12.6 Å². The summed E-state index contributed by atoms with van der Waals surface area (Å²) >= 11 is 0. The van der Waals surface area contributed by atoms with Crippen LogP contribution >= 0.6 is 0 Å². The van der Waals surface area contributed by atoms with Crippen molar-refractivity contribution in [1.29, 1.82) is 0 Å². The van der Waals surface area contributed by atoms with Crippen molar-refractivity contribution in [3.63, 3.8) is 0 Å². The zero-order valence-electron chi connectivity index (χ0n) is 11.6. The topological polar surface area (TPSA) is 40.5 Å². The van der Waals surface area contributed by atoms with Crippen molar-refractivity contribution < 1.29 is 9.90 Å². The second kappa shape index (κ2) is 6.35. The molecule has 0 aromatic heterocycles. The quantitative estimate of drug-likeness (QED) is 0.816. The van der Waals surface area contributed by atoms with Gasteiger partial charge in [-0.1, -0.05) is 42.5 Å². The lowest BCUT2D eigenvalue weighted by molar-refractivity contribution is -0.138. The Kier molecular flexibility index (Phi) is 4.53. The van der Waals surface area contributed by atoms with Crippen LogP contribution in [0.15, 0.2) is 55.1 Å². The predicted molar refractivity (Wildman–Crippen MR) is 81.8 cm³/mol. The maximum Gasteiger partial charge on any atom is 0.317 e. The highest BCUT2D eigenvalue weighted by atomic mass is 16.4. The first-order valence-electron chi connectivity index (χ1n) is 6.67. The lowest BCUT2D eigenvalue weighted by atomic mass is 10.0. The summed E-state index contributed by atoms with van der Waals surface area (Å²) in [6.07, 6.45) is 1.74. The summed E-state index contributed by atoms with van der Waals surface area (Å²) < 4.78 is 0. The van der Waals surface area contributed by atoms with E-state index in [1.54, 1.807) is 6.08 Å². The number of hydrogen-bond acceptors (Lipinski definition) is 2. The van der Waals surface area contributed by atoms with E-state index in [2.05, 4.69) is 36.9 Å². The number of carboxylic acid groups (broad SMARTS) is 1. The summed E-state index contributed by atoms with van der Waals surface area (Å²) in [6.45, 7) is 6.29. The van der Waals surface area contributed by atoms with Crippen LogP contribution in [0.4, 0.5) is 0 Å². The van der Waals surface area contributed by atoms with Crippen LogP contribution in [-0.4, -0.2) is 29.1 Å². The van der Waals surface area contributed by atoms with E-state index in [0.29, 0.717) is 6.54 Å². The monoisotopic (exact) mass is 269 g/mol. The van der Waals surface area contributed by atoms with Crippen LogP contribution in [0.25, 0.3) is 10.8 Å². The van der Waals surface area contributed by atoms with Crippen LogP contribution < -0.4 is 0 Å². The van der Waals surface area contributed by atoms with Crippen molar-refractivity contribution >= 4 is 16.7 Å². The molecule has 1 unspecified atom stereocenters. The van der Waals surface area contributed by atoms with Gasteiger partial charge in [0.15, 0.2) is 0 Å². The Bertz CT molecular complexity index is 621. The number of hydrogen-bond donors (Lipinski definition) is 1. The van der Waals surface area contributed by atoms with Gasteiger partial charge in [-0.2, -0.15) is 0 Å². The largest absolute Gasteiger partial charge is 0.480 e. The molecule has 0 aliphatic carbocycles. The average Bonchev–Trinajstić information content (AvgIpc) is 2.45. The van der Waals surface area contributed by atoms with Crippen LogP contribution in [0.5, 0.6) is 0 Å². The van der Waals surface area contributed by atoms with Gasteiger partial charge in [0, 0.05) is 12.6 Å². The smallest absolute Gasteiger partial charge is 0.317 e. The SMILES string of the molecule is C=CCN(CC(=O)O)C(C)c1ccc2ccccc2c1. The maximum atomic E-state index is 11.0. The average molecular weight is 269 g/mol. The summed E-state index contributed by atoms with van der Waals surface area (Å²) in [5, 5.41) is 11.4. The molecule has 2 aromatic rings. The van der Waals surface area contributed by atoms with E-state index in [4.69, 9.17) is 5.11 Å². The fraction of sp³-hybridized carbons (Fsp3) is 0.235. The Morgan fingerprint density at radius 3 is 2.65 bits per heavy atom. The number of aliphatic carboxylic acids is 1. The standard InChI is InChI=1S/C17H19NO2/c1-3-10-18(12-17(19)20)13(2)15-9-8-14-6-4-5-7-16(14)11-15/h3-9,11,13H,1,10,12H2,2H3,(H,19,20). The van der Waals surface area contributed by atoms with Gasteiger partial charge in [-0.25, -0.2) is 0 Å². The maximum absolute atomic E-state index is 11.0. The van der Waals surface area contributed by atoms with Gasteiger partial charge in [-0.3, -0.25) is 9.69 Å². The molecule has 0 aliphatic rings. The van der Waals surface area contributed by atoms with Crippen LogP contribution in [0.3, 0.4) is 0 Å². The van der Waals surface area contributed by atoms with Gasteiger partial charge in [0.1, 0.15) is 0 Å². The number of nitrogens with zero attached hydrogens (tertiary/aromatic N) is 1. The highest BCUT2D eigenvalue weighted by Crippen LogP contribution is 2.24. The molecule has 0 saturated heterocycles. The van der Waals surface area contributed by atoms with Crippen molar-refractivity contribution in [2.75, 3.05) is 13.1 Å². The van der Waals surface area contributed by atoms with Gasteiger partial charge in [-0.15, -0.1) is 6.58 Å². The highest BCUT2D eigenvalue weighted by Gasteiger charge is 2.17. The highest BCUT2D eigenvalue weighted by molar-refractivity contribution is 5.83. The molecule has 0 saturated carbocycles. The Balaban J connectivity index is 2.29. The molecule has 0 heterocycles. The Hall–Kier alpha value is -2.13. The van der Waals surface area contributed by atoms with Gasteiger partial charge in [-0.05, 0) is 29.3 Å². The fourth-order valence-electron chi connectivity index (χ4n) is 2.38. The number of fused-ring (bicyclic) bond motifs is 1. The van der Waals surface area contributed by atoms with Crippen LogP contribution in [0.2, 0.25) is 0 Å². The Labute approximate surface area is 119 Å². The minimum atomic E-state index is -0.820. The summed E-state index contributed by atoms with van der Waals surface area (Å²) in [5.41, 5.74) is 1.12. The molecule has 3 heteroatoms. The van der Waals surface area contributed by atoms with Crippen molar-refractivity contribution in [3.8, 4) is 0 Å². The van der Waals surface area contributed by atoms with Crippen molar-refractivity contribution in [2.24, 2.45) is 0 Å². The van der Waals surface area contributed by atoms with Gasteiger partial charge < -0.3 is 5.11 Å². The fourth-order valence-corrected chi connectivity index (χ4v) is 2.38. The second-order valence-corrected chi connectivity index (χ2v) is 4.89. The molecule has 20 heavy (non-hydrogen) atoms. The first kappa shape index (κ1) is 14.3. The van der Waals surface area contributed by atoms with E-state index in [9.17, 15) is 4.79 Å². The van der Waals surface area contributed by atoms with Crippen molar-refractivity contribution in [1.82, 2.24) is 4.90 Å². The third-order valence-corrected chi connectivity index (χ3v) is 3.51. The molecule has 3 nitrogen and oxygen atoms in total. The zero-order valence-corrected chi connectivity index (χ0v) is 11.6. The van der Waals surface area contributed by atoms with E-state index in [0.717, 1.165) is 5.56 Å². The molecule has 1 atom stereocenters. The Morgan fingerprint density at radius 1 is 1.30 bits per heavy atom. The molecule has 2 rings (SSSR count). The van der Waals surface area contributed by atoms with E-state index < -0.39 is 5.97 Å². The first-order chi connectivity index (χ1) is 9.61. The molecule has 1 N–H and O–H groups in total. The summed E-state index contributed by atoms with van der Waals surface area (Å²) in [6, 6.07) is 14.5. The van der Waals surface area contributed by atoms with Gasteiger partial charge in [0.05, 0.1) is 6.54 Å². The van der Waals surface area contributed by atoms with E-state index in [1.807, 2.05) is 24.0 Å². The second-order valence-electron chi connectivity index (χ2n) is 4.89. The van der Waals surface area contributed by atoms with Crippen molar-refractivity contribution in [3.05, 3.63) is 60.7 Å². The molecule has 0 aliphatic heterocycles.